The molecule has 0 aliphatic heterocycles. The van der Waals surface area contributed by atoms with Gasteiger partial charge in [-0.15, -0.1) is 0 Å². The molecule has 0 rings (SSSR count). The fraction of sp³-hybridized carbons (Fsp3) is 0.857. The fourth-order valence-electron chi connectivity index (χ4n) is 11.3. The van der Waals surface area contributed by atoms with Gasteiger partial charge in [0.15, 0.2) is 6.10 Å². The molecule has 6 nitrogen and oxygen atoms in total. The molecule has 0 heterocycles. The SMILES string of the molecule is CC/C=C\C/C=C\C/C=C\C/C=C\CCC(=O)OCC(COC(=O)CCCCCCCCCCCCCCCCCCCCCCCCCCCCCC)OC(=O)CCCCCCCCCCCCCCCCCCCCCCCCCC. The van der Waals surface area contributed by atoms with Gasteiger partial charge in [0.1, 0.15) is 13.2 Å². The number of hydrogen-bond donors (Lipinski definition) is 0. The van der Waals surface area contributed by atoms with Crippen LogP contribution in [0.5, 0.6) is 0 Å². The highest BCUT2D eigenvalue weighted by Gasteiger charge is 2.19. The summed E-state index contributed by atoms with van der Waals surface area (Å²) < 4.78 is 16.9. The Morgan fingerprint density at radius 1 is 0.253 bits per heavy atom. The van der Waals surface area contributed by atoms with Crippen LogP contribution in [0, 0.1) is 0 Å². The zero-order chi connectivity index (χ0) is 59.9. The zero-order valence-corrected chi connectivity index (χ0v) is 56.0. The maximum atomic E-state index is 13.0. The summed E-state index contributed by atoms with van der Waals surface area (Å²) in [6.07, 6.45) is 91.9. The Labute approximate surface area is 518 Å². The Bertz CT molecular complexity index is 1430. The minimum atomic E-state index is -0.800. The second-order valence-corrected chi connectivity index (χ2v) is 25.2. The minimum Gasteiger partial charge on any atom is -0.462 e. The van der Waals surface area contributed by atoms with Gasteiger partial charge in [-0.3, -0.25) is 14.4 Å². The summed E-state index contributed by atoms with van der Waals surface area (Å²) in [6.45, 7) is 6.54. The molecule has 0 aromatic rings. The lowest BCUT2D eigenvalue weighted by atomic mass is 10.0. The Balaban J connectivity index is 4.20. The van der Waals surface area contributed by atoms with E-state index in [-0.39, 0.29) is 37.5 Å². The topological polar surface area (TPSA) is 78.9 Å². The number of carbonyl (C=O) groups excluding carboxylic acids is 3. The average molecular weight is 1160 g/mol. The molecule has 0 bridgehead atoms. The number of ether oxygens (including phenoxy) is 3. The largest absolute Gasteiger partial charge is 0.462 e. The van der Waals surface area contributed by atoms with Crippen molar-refractivity contribution in [2.45, 2.75) is 412 Å². The molecule has 0 N–H and O–H groups in total. The highest BCUT2D eigenvalue weighted by atomic mass is 16.6. The van der Waals surface area contributed by atoms with Gasteiger partial charge in [-0.25, -0.2) is 0 Å². The van der Waals surface area contributed by atoms with E-state index in [0.717, 1.165) is 64.2 Å². The van der Waals surface area contributed by atoms with Crippen LogP contribution in [-0.2, 0) is 28.6 Å². The number of rotatable bonds is 69. The van der Waals surface area contributed by atoms with Crippen LogP contribution in [0.25, 0.3) is 0 Å². The molecule has 486 valence electrons. The third-order valence-electron chi connectivity index (χ3n) is 16.9. The van der Waals surface area contributed by atoms with Crippen molar-refractivity contribution in [2.24, 2.45) is 0 Å². The summed E-state index contributed by atoms with van der Waals surface area (Å²) in [6, 6.07) is 0. The molecular formula is C77H142O6. The Hall–Kier alpha value is -2.63. The predicted octanol–water partition coefficient (Wildman–Crippen LogP) is 25.7. The predicted molar refractivity (Wildman–Crippen MR) is 362 cm³/mol. The molecule has 0 aliphatic rings. The molecule has 0 saturated carbocycles. The lowest BCUT2D eigenvalue weighted by Gasteiger charge is -2.18. The van der Waals surface area contributed by atoms with Crippen molar-refractivity contribution in [2.75, 3.05) is 13.2 Å². The van der Waals surface area contributed by atoms with Gasteiger partial charge in [-0.1, -0.05) is 390 Å². The smallest absolute Gasteiger partial charge is 0.306 e. The maximum absolute atomic E-state index is 13.0. The molecular weight excluding hydrogens is 1020 g/mol. The fourth-order valence-corrected chi connectivity index (χ4v) is 11.3. The molecule has 0 saturated heterocycles. The molecule has 83 heavy (non-hydrogen) atoms. The molecule has 1 atom stereocenters. The number of carbonyl (C=O) groups is 3. The van der Waals surface area contributed by atoms with Crippen LogP contribution in [0.15, 0.2) is 48.6 Å². The second kappa shape index (κ2) is 71.8. The molecule has 0 aromatic heterocycles. The summed E-state index contributed by atoms with van der Waals surface area (Å²) in [5, 5.41) is 0. The van der Waals surface area contributed by atoms with E-state index in [9.17, 15) is 14.4 Å². The average Bonchev–Trinajstić information content (AvgIpc) is 3.49. The van der Waals surface area contributed by atoms with Crippen LogP contribution < -0.4 is 0 Å². The van der Waals surface area contributed by atoms with Gasteiger partial charge >= 0.3 is 17.9 Å². The van der Waals surface area contributed by atoms with Crippen molar-refractivity contribution in [3.8, 4) is 0 Å². The second-order valence-electron chi connectivity index (χ2n) is 25.2. The zero-order valence-electron chi connectivity index (χ0n) is 56.0. The molecule has 0 aromatic carbocycles. The van der Waals surface area contributed by atoms with Crippen LogP contribution in [0.1, 0.15) is 406 Å². The highest BCUT2D eigenvalue weighted by Crippen LogP contribution is 2.19. The molecule has 0 fully saturated rings. The quantitative estimate of drug-likeness (QED) is 0.0261. The third-order valence-corrected chi connectivity index (χ3v) is 16.9. The van der Waals surface area contributed by atoms with Crippen LogP contribution in [0.4, 0.5) is 0 Å². The monoisotopic (exact) mass is 1160 g/mol. The summed E-state index contributed by atoms with van der Waals surface area (Å²) in [5.41, 5.74) is 0. The van der Waals surface area contributed by atoms with E-state index in [4.69, 9.17) is 14.2 Å². The number of allylic oxidation sites excluding steroid dienone is 8. The van der Waals surface area contributed by atoms with Gasteiger partial charge < -0.3 is 14.2 Å². The van der Waals surface area contributed by atoms with Gasteiger partial charge in [0.05, 0.1) is 0 Å². The molecule has 6 heteroatoms. The van der Waals surface area contributed by atoms with E-state index in [0.29, 0.717) is 19.3 Å². The first-order valence-corrected chi connectivity index (χ1v) is 37.1. The van der Waals surface area contributed by atoms with Crippen molar-refractivity contribution in [3.63, 3.8) is 0 Å². The Kier molecular flexibility index (Phi) is 69.6. The summed E-state index contributed by atoms with van der Waals surface area (Å²) >= 11 is 0. The highest BCUT2D eigenvalue weighted by molar-refractivity contribution is 5.71. The van der Waals surface area contributed by atoms with E-state index >= 15 is 0 Å². The van der Waals surface area contributed by atoms with Crippen molar-refractivity contribution in [1.82, 2.24) is 0 Å². The van der Waals surface area contributed by atoms with Crippen LogP contribution in [0.2, 0.25) is 0 Å². The lowest BCUT2D eigenvalue weighted by Crippen LogP contribution is -2.30. The minimum absolute atomic E-state index is 0.0896. The Morgan fingerprint density at radius 2 is 0.470 bits per heavy atom. The van der Waals surface area contributed by atoms with Crippen LogP contribution in [-0.4, -0.2) is 37.2 Å². The maximum Gasteiger partial charge on any atom is 0.306 e. The van der Waals surface area contributed by atoms with E-state index in [2.05, 4.69) is 63.3 Å². The molecule has 1 unspecified atom stereocenters. The van der Waals surface area contributed by atoms with Gasteiger partial charge in [-0.05, 0) is 44.9 Å². The van der Waals surface area contributed by atoms with Gasteiger partial charge in [0.25, 0.3) is 0 Å². The first kappa shape index (κ1) is 80.4. The summed E-state index contributed by atoms with van der Waals surface area (Å²) in [4.78, 5) is 38.4. The van der Waals surface area contributed by atoms with Crippen molar-refractivity contribution >= 4 is 17.9 Å². The van der Waals surface area contributed by atoms with E-state index in [1.165, 1.54) is 295 Å². The molecule has 0 aliphatic carbocycles. The Morgan fingerprint density at radius 3 is 0.735 bits per heavy atom. The standard InChI is InChI=1S/C77H142O6/c1-4-7-10-13-16-19-22-25-27-29-31-33-35-37-38-39-40-42-43-45-47-49-52-55-58-61-64-67-70-76(79)82-73-74(72-81-75(78)69-66-63-60-57-54-51-24-21-18-15-12-9-6-3)83-77(80)71-68-65-62-59-56-53-50-48-46-44-41-36-34-32-30-28-26-23-20-17-14-11-8-5-2/h9,12,18,21,51,54,60,63,74H,4-8,10-11,13-17,19-20,22-50,52-53,55-59,61-62,64-73H2,1-3H3/b12-9-,21-18-,54-51-,63-60-. The molecule has 0 spiro atoms. The van der Waals surface area contributed by atoms with Crippen molar-refractivity contribution in [3.05, 3.63) is 48.6 Å². The number of unbranched alkanes of at least 4 members (excludes halogenated alkanes) is 50. The van der Waals surface area contributed by atoms with E-state index in [1.54, 1.807) is 0 Å². The van der Waals surface area contributed by atoms with Crippen LogP contribution in [0.3, 0.4) is 0 Å². The van der Waals surface area contributed by atoms with Gasteiger partial charge in [0.2, 0.25) is 0 Å². The molecule has 0 radical (unpaired) electrons. The summed E-state index contributed by atoms with van der Waals surface area (Å²) in [7, 11) is 0. The molecule has 0 amide bonds. The van der Waals surface area contributed by atoms with Crippen molar-refractivity contribution < 1.29 is 28.6 Å². The first-order valence-electron chi connectivity index (χ1n) is 37.1. The van der Waals surface area contributed by atoms with E-state index in [1.807, 2.05) is 6.08 Å². The van der Waals surface area contributed by atoms with E-state index < -0.39 is 6.10 Å². The van der Waals surface area contributed by atoms with Gasteiger partial charge in [0, 0.05) is 19.3 Å². The normalized spacial score (nSPS) is 12.3. The number of hydrogen-bond acceptors (Lipinski definition) is 6. The van der Waals surface area contributed by atoms with Crippen LogP contribution >= 0.6 is 0 Å². The van der Waals surface area contributed by atoms with Gasteiger partial charge in [-0.2, -0.15) is 0 Å². The van der Waals surface area contributed by atoms with Crippen molar-refractivity contribution in [1.29, 1.82) is 0 Å². The first-order chi connectivity index (χ1) is 41.0. The lowest BCUT2D eigenvalue weighted by molar-refractivity contribution is -0.166. The summed E-state index contributed by atoms with van der Waals surface area (Å²) in [5.74, 6) is -0.946. The number of esters is 3. The third kappa shape index (κ3) is 70.0.